The van der Waals surface area contributed by atoms with E-state index in [0.717, 1.165) is 0 Å². The van der Waals surface area contributed by atoms with Gasteiger partial charge in [0.1, 0.15) is 11.5 Å². The number of aromatic nitrogens is 3. The fourth-order valence-corrected chi connectivity index (χ4v) is 4.40. The molecule has 0 unspecified atom stereocenters. The van der Waals surface area contributed by atoms with Crippen LogP contribution in [0, 0.1) is 5.82 Å². The molecular weight excluding hydrogens is 489 g/mol. The molecule has 0 saturated heterocycles. The average Bonchev–Trinajstić information content (AvgIpc) is 3.33. The highest BCUT2D eigenvalue weighted by Gasteiger charge is 2.22. The van der Waals surface area contributed by atoms with E-state index >= 15 is 0 Å². The average molecular weight is 512 g/mol. The fourth-order valence-electron chi connectivity index (χ4n) is 3.34. The molecule has 0 bridgehead atoms. The van der Waals surface area contributed by atoms with Gasteiger partial charge in [-0.05, 0) is 43.7 Å². The van der Waals surface area contributed by atoms with Crippen LogP contribution in [0.1, 0.15) is 19.4 Å². The number of halogens is 1. The van der Waals surface area contributed by atoms with Gasteiger partial charge in [-0.15, -0.1) is 0 Å². The van der Waals surface area contributed by atoms with Crippen LogP contribution < -0.4 is 16.2 Å². The Bertz CT molecular complexity index is 1530. The van der Waals surface area contributed by atoms with Gasteiger partial charge >= 0.3 is 6.09 Å². The Morgan fingerprint density at radius 1 is 1.11 bits per heavy atom. The monoisotopic (exact) mass is 511 g/mol. The number of primary amides is 1. The molecule has 36 heavy (non-hydrogen) atoms. The lowest BCUT2D eigenvalue weighted by Gasteiger charge is -2.09. The van der Waals surface area contributed by atoms with E-state index in [2.05, 4.69) is 15.1 Å². The van der Waals surface area contributed by atoms with Crippen molar-refractivity contribution >= 4 is 15.9 Å². The number of sulfone groups is 1. The Kier molecular flexibility index (Phi) is 6.82. The number of amides is 1. The molecule has 10 nitrogen and oxygen atoms in total. The molecule has 0 aliphatic heterocycles. The van der Waals surface area contributed by atoms with Gasteiger partial charge in [0.15, 0.2) is 21.3 Å². The van der Waals surface area contributed by atoms with Crippen LogP contribution in [0.15, 0.2) is 64.1 Å². The van der Waals surface area contributed by atoms with Crippen molar-refractivity contribution in [3.63, 3.8) is 0 Å². The molecule has 186 valence electrons. The van der Waals surface area contributed by atoms with Gasteiger partial charge in [-0.1, -0.05) is 23.4 Å². The van der Waals surface area contributed by atoms with Crippen LogP contribution in [-0.2, 0) is 16.4 Å². The summed E-state index contributed by atoms with van der Waals surface area (Å²) in [7, 11) is -3.45. The summed E-state index contributed by atoms with van der Waals surface area (Å²) in [6, 6.07) is 12.0. The van der Waals surface area contributed by atoms with Gasteiger partial charge in [-0.3, -0.25) is 0 Å². The van der Waals surface area contributed by atoms with Crippen LogP contribution >= 0.6 is 0 Å². The molecule has 2 heterocycles. The number of hydrogen-bond donors (Lipinski definition) is 2. The minimum absolute atomic E-state index is 0.0112. The number of carbonyl (C=O) groups is 1. The quantitative estimate of drug-likeness (QED) is 0.376. The summed E-state index contributed by atoms with van der Waals surface area (Å²) in [4.78, 5) is 20.1. The van der Waals surface area contributed by atoms with E-state index < -0.39 is 27.0 Å². The lowest BCUT2D eigenvalue weighted by molar-refractivity contribution is 0.209. The first-order valence-corrected chi connectivity index (χ1v) is 12.3. The molecule has 0 atom stereocenters. The zero-order chi connectivity index (χ0) is 26.0. The van der Waals surface area contributed by atoms with Gasteiger partial charge in [0.05, 0.1) is 22.0 Å². The minimum atomic E-state index is -3.45. The first kappa shape index (κ1) is 24.9. The van der Waals surface area contributed by atoms with Crippen LogP contribution in [-0.4, -0.2) is 34.9 Å². The Balaban J connectivity index is 1.75. The van der Waals surface area contributed by atoms with Crippen molar-refractivity contribution in [3.05, 3.63) is 66.1 Å². The highest BCUT2D eigenvalue weighted by Crippen LogP contribution is 2.33. The van der Waals surface area contributed by atoms with E-state index in [0.29, 0.717) is 16.8 Å². The summed E-state index contributed by atoms with van der Waals surface area (Å²) in [5.41, 5.74) is 12.5. The zero-order valence-corrected chi connectivity index (χ0v) is 20.1. The molecule has 12 heteroatoms. The molecule has 2 aromatic carbocycles. The maximum Gasteiger partial charge on any atom is 0.411 e. The first-order chi connectivity index (χ1) is 17.1. The summed E-state index contributed by atoms with van der Waals surface area (Å²) < 4.78 is 49.7. The van der Waals surface area contributed by atoms with Crippen LogP contribution in [0.5, 0.6) is 5.88 Å². The lowest BCUT2D eigenvalue weighted by atomic mass is 10.1. The number of nitrogens with two attached hydrogens (primary N) is 2. The standard InChI is InChI=1S/C24H22FN5O5S/c1-13(2)36(32,33)16-6-4-15(5-7-16)20-12-28-23(34-24(27)31)22(29-20)21-10-19(30-35-21)17-8-3-14(11-26)9-18(17)25/h3-10,12-13H,11,26H2,1-2H3,(H2,27,31). The number of hydrogen-bond acceptors (Lipinski definition) is 9. The lowest BCUT2D eigenvalue weighted by Crippen LogP contribution is -2.17. The number of nitrogens with zero attached hydrogens (tertiary/aromatic N) is 3. The fraction of sp³-hybridized carbons (Fsp3) is 0.167. The van der Waals surface area contributed by atoms with E-state index in [1.165, 1.54) is 36.5 Å². The van der Waals surface area contributed by atoms with E-state index in [1.54, 1.807) is 32.0 Å². The van der Waals surface area contributed by atoms with Crippen LogP contribution in [0.4, 0.5) is 9.18 Å². The maximum absolute atomic E-state index is 14.5. The molecular formula is C24H22FN5O5S. The van der Waals surface area contributed by atoms with Crippen molar-refractivity contribution in [2.24, 2.45) is 11.5 Å². The molecule has 4 N–H and O–H groups in total. The van der Waals surface area contributed by atoms with Crippen LogP contribution in [0.3, 0.4) is 0 Å². The van der Waals surface area contributed by atoms with Gasteiger partial charge in [-0.2, -0.15) is 0 Å². The van der Waals surface area contributed by atoms with Crippen molar-refractivity contribution in [3.8, 4) is 39.8 Å². The molecule has 4 aromatic rings. The van der Waals surface area contributed by atoms with Crippen molar-refractivity contribution in [2.75, 3.05) is 0 Å². The Morgan fingerprint density at radius 2 is 1.83 bits per heavy atom. The highest BCUT2D eigenvalue weighted by atomic mass is 32.2. The van der Waals surface area contributed by atoms with E-state index in [-0.39, 0.29) is 40.0 Å². The largest absolute Gasteiger partial charge is 0.411 e. The van der Waals surface area contributed by atoms with Crippen LogP contribution in [0.25, 0.3) is 34.0 Å². The molecule has 0 spiro atoms. The SMILES string of the molecule is CC(C)S(=O)(=O)c1ccc(-c2cnc(OC(N)=O)c(-c3cc(-c4ccc(CN)cc4F)no3)n2)cc1. The van der Waals surface area contributed by atoms with Crippen molar-refractivity contribution in [1.82, 2.24) is 15.1 Å². The second-order valence-electron chi connectivity index (χ2n) is 8.04. The Hall–Kier alpha value is -4.16. The minimum Gasteiger partial charge on any atom is -0.389 e. The van der Waals surface area contributed by atoms with Gasteiger partial charge in [-0.25, -0.2) is 27.6 Å². The van der Waals surface area contributed by atoms with Crippen molar-refractivity contribution in [1.29, 1.82) is 0 Å². The predicted octanol–water partition coefficient (Wildman–Crippen LogP) is 3.70. The van der Waals surface area contributed by atoms with E-state index in [9.17, 15) is 17.6 Å². The molecule has 1 amide bonds. The first-order valence-electron chi connectivity index (χ1n) is 10.7. The zero-order valence-electron chi connectivity index (χ0n) is 19.3. The molecule has 2 aromatic heterocycles. The molecule has 0 radical (unpaired) electrons. The summed E-state index contributed by atoms with van der Waals surface area (Å²) in [5.74, 6) is -0.744. The Morgan fingerprint density at radius 3 is 2.44 bits per heavy atom. The third kappa shape index (κ3) is 4.95. The van der Waals surface area contributed by atoms with Gasteiger partial charge in [0, 0.05) is 23.7 Å². The summed E-state index contributed by atoms with van der Waals surface area (Å²) >= 11 is 0. The number of rotatable bonds is 7. The van der Waals surface area contributed by atoms with Crippen molar-refractivity contribution < 1.29 is 26.9 Å². The molecule has 0 saturated carbocycles. The number of carbonyl (C=O) groups excluding carboxylic acids is 1. The van der Waals surface area contributed by atoms with E-state index in [1.807, 2.05) is 0 Å². The van der Waals surface area contributed by atoms with E-state index in [4.69, 9.17) is 20.7 Å². The molecule has 0 aliphatic rings. The Labute approximate surface area is 206 Å². The normalized spacial score (nSPS) is 11.6. The topological polar surface area (TPSA) is 164 Å². The third-order valence-corrected chi connectivity index (χ3v) is 7.49. The predicted molar refractivity (Wildman–Crippen MR) is 129 cm³/mol. The third-order valence-electron chi connectivity index (χ3n) is 5.32. The summed E-state index contributed by atoms with van der Waals surface area (Å²) in [6.07, 6.45) is 0.209. The van der Waals surface area contributed by atoms with Gasteiger partial charge in [0.25, 0.3) is 5.88 Å². The van der Waals surface area contributed by atoms with Crippen molar-refractivity contribution in [2.45, 2.75) is 30.5 Å². The second-order valence-corrected chi connectivity index (χ2v) is 10.5. The number of ether oxygens (including phenoxy) is 1. The van der Waals surface area contributed by atoms with Gasteiger partial charge in [0.2, 0.25) is 0 Å². The summed E-state index contributed by atoms with van der Waals surface area (Å²) in [6.45, 7) is 3.38. The summed E-state index contributed by atoms with van der Waals surface area (Å²) in [5, 5.41) is 3.33. The number of benzene rings is 2. The molecule has 4 rings (SSSR count). The molecule has 0 aliphatic carbocycles. The second kappa shape index (κ2) is 9.84. The highest BCUT2D eigenvalue weighted by molar-refractivity contribution is 7.92. The molecule has 0 fully saturated rings. The van der Waals surface area contributed by atoms with Gasteiger partial charge < -0.3 is 20.7 Å². The smallest absolute Gasteiger partial charge is 0.389 e. The van der Waals surface area contributed by atoms with Crippen LogP contribution in [0.2, 0.25) is 0 Å². The maximum atomic E-state index is 14.5.